The summed E-state index contributed by atoms with van der Waals surface area (Å²) in [5.74, 6) is 0.00916. The molecule has 2 amide bonds. The first-order valence-corrected chi connectivity index (χ1v) is 8.45. The number of nitrogens with zero attached hydrogens (tertiary/aromatic N) is 1. The van der Waals surface area contributed by atoms with Gasteiger partial charge in [0.1, 0.15) is 0 Å². The van der Waals surface area contributed by atoms with Crippen molar-refractivity contribution in [1.29, 1.82) is 0 Å². The first-order chi connectivity index (χ1) is 11.1. The summed E-state index contributed by atoms with van der Waals surface area (Å²) in [6.45, 7) is 2.50. The Bertz CT molecular complexity index is 579. The van der Waals surface area contributed by atoms with E-state index in [0.717, 1.165) is 13.0 Å². The summed E-state index contributed by atoms with van der Waals surface area (Å²) < 4.78 is 5.27. The Morgan fingerprint density at radius 1 is 1.17 bits per heavy atom. The fourth-order valence-electron chi connectivity index (χ4n) is 3.12. The minimum atomic E-state index is -0.0568. The molecule has 1 aromatic carbocycles. The normalized spacial score (nSPS) is 22.1. The molecule has 1 aromatic rings. The predicted octanol–water partition coefficient (Wildman–Crippen LogP) is 2.10. The van der Waals surface area contributed by atoms with Crippen molar-refractivity contribution in [2.24, 2.45) is 5.92 Å². The van der Waals surface area contributed by atoms with Crippen molar-refractivity contribution in [3.05, 3.63) is 34.9 Å². The highest BCUT2D eigenvalue weighted by molar-refractivity contribution is 6.33. The summed E-state index contributed by atoms with van der Waals surface area (Å²) in [5.41, 5.74) is 0.528. The van der Waals surface area contributed by atoms with E-state index in [2.05, 4.69) is 5.32 Å². The zero-order valence-electron chi connectivity index (χ0n) is 13.0. The average molecular weight is 337 g/mol. The Morgan fingerprint density at radius 2 is 1.91 bits per heavy atom. The predicted molar refractivity (Wildman–Crippen MR) is 87.4 cm³/mol. The van der Waals surface area contributed by atoms with Gasteiger partial charge in [0, 0.05) is 25.6 Å². The maximum atomic E-state index is 12.5. The molecule has 2 fully saturated rings. The maximum Gasteiger partial charge on any atom is 0.255 e. The number of benzene rings is 1. The number of hydrogen-bond donors (Lipinski definition) is 1. The summed E-state index contributed by atoms with van der Waals surface area (Å²) in [4.78, 5) is 26.5. The van der Waals surface area contributed by atoms with Crippen molar-refractivity contribution < 1.29 is 14.3 Å². The Hall–Kier alpha value is -1.59. The number of carbonyl (C=O) groups excluding carboxylic acids is 2. The second-order valence-electron chi connectivity index (χ2n) is 6.12. The maximum absolute atomic E-state index is 12.5. The summed E-state index contributed by atoms with van der Waals surface area (Å²) in [6, 6.07) is 7.22. The van der Waals surface area contributed by atoms with Gasteiger partial charge in [-0.05, 0) is 31.4 Å². The molecule has 124 valence electrons. The molecule has 0 aromatic heterocycles. The molecular formula is C17H21ClN2O3. The number of rotatable bonds is 3. The van der Waals surface area contributed by atoms with E-state index < -0.39 is 0 Å². The van der Waals surface area contributed by atoms with Gasteiger partial charge < -0.3 is 15.0 Å². The third-order valence-electron chi connectivity index (χ3n) is 4.53. The molecular weight excluding hydrogens is 316 g/mol. The molecule has 2 aliphatic heterocycles. The van der Waals surface area contributed by atoms with Gasteiger partial charge in [0.25, 0.3) is 5.91 Å². The van der Waals surface area contributed by atoms with Crippen molar-refractivity contribution in [2.75, 3.05) is 26.3 Å². The number of carbonyl (C=O) groups is 2. The molecule has 6 heteroatoms. The van der Waals surface area contributed by atoms with Crippen LogP contribution in [-0.2, 0) is 9.53 Å². The van der Waals surface area contributed by atoms with Crippen LogP contribution in [0.15, 0.2) is 24.3 Å². The van der Waals surface area contributed by atoms with Crippen molar-refractivity contribution in [3.63, 3.8) is 0 Å². The number of piperidine rings is 1. The van der Waals surface area contributed by atoms with Crippen LogP contribution >= 0.6 is 11.6 Å². The van der Waals surface area contributed by atoms with Crippen LogP contribution in [0.3, 0.4) is 0 Å². The van der Waals surface area contributed by atoms with Gasteiger partial charge in [-0.15, -0.1) is 0 Å². The first-order valence-electron chi connectivity index (χ1n) is 8.07. The minimum absolute atomic E-state index is 0.0223. The Balaban J connectivity index is 1.52. The van der Waals surface area contributed by atoms with Gasteiger partial charge >= 0.3 is 0 Å². The fraction of sp³-hybridized carbons (Fsp3) is 0.529. The van der Waals surface area contributed by atoms with E-state index in [1.54, 1.807) is 17.0 Å². The van der Waals surface area contributed by atoms with E-state index in [-0.39, 0.29) is 23.8 Å². The van der Waals surface area contributed by atoms with E-state index in [4.69, 9.17) is 16.3 Å². The topological polar surface area (TPSA) is 58.6 Å². The SMILES string of the molecule is O=C(N[C@@H]1CCOC1)C1CCN(C(=O)c2ccccc2Cl)CC1. The van der Waals surface area contributed by atoms with Gasteiger partial charge in [0.2, 0.25) is 5.91 Å². The lowest BCUT2D eigenvalue weighted by Gasteiger charge is -2.32. The van der Waals surface area contributed by atoms with Crippen molar-refractivity contribution in [2.45, 2.75) is 25.3 Å². The van der Waals surface area contributed by atoms with E-state index in [0.29, 0.717) is 43.1 Å². The number of nitrogens with one attached hydrogen (secondary N) is 1. The second-order valence-corrected chi connectivity index (χ2v) is 6.52. The summed E-state index contributed by atoms with van der Waals surface area (Å²) in [7, 11) is 0. The molecule has 0 bridgehead atoms. The average Bonchev–Trinajstić information content (AvgIpc) is 3.08. The lowest BCUT2D eigenvalue weighted by molar-refractivity contribution is -0.127. The van der Waals surface area contributed by atoms with E-state index in [1.807, 2.05) is 12.1 Å². The highest BCUT2D eigenvalue weighted by Crippen LogP contribution is 2.22. The molecule has 5 nitrogen and oxygen atoms in total. The summed E-state index contributed by atoms with van der Waals surface area (Å²) in [6.07, 6.45) is 2.26. The zero-order chi connectivity index (χ0) is 16.2. The smallest absolute Gasteiger partial charge is 0.255 e. The van der Waals surface area contributed by atoms with Crippen LogP contribution in [0.1, 0.15) is 29.6 Å². The number of likely N-dealkylation sites (tertiary alicyclic amines) is 1. The molecule has 2 aliphatic rings. The Kier molecular flexibility index (Phi) is 5.18. The van der Waals surface area contributed by atoms with Gasteiger partial charge in [-0.1, -0.05) is 23.7 Å². The molecule has 2 heterocycles. The van der Waals surface area contributed by atoms with Crippen molar-refractivity contribution in [1.82, 2.24) is 10.2 Å². The van der Waals surface area contributed by atoms with Crippen molar-refractivity contribution in [3.8, 4) is 0 Å². The van der Waals surface area contributed by atoms with Gasteiger partial charge in [-0.2, -0.15) is 0 Å². The molecule has 0 spiro atoms. The highest BCUT2D eigenvalue weighted by atomic mass is 35.5. The van der Waals surface area contributed by atoms with Crippen molar-refractivity contribution >= 4 is 23.4 Å². The number of halogens is 1. The summed E-state index contributed by atoms with van der Waals surface area (Å²) >= 11 is 6.09. The van der Waals surface area contributed by atoms with Crippen LogP contribution in [0.5, 0.6) is 0 Å². The summed E-state index contributed by atoms with van der Waals surface area (Å²) in [5, 5.41) is 3.52. The Morgan fingerprint density at radius 3 is 2.57 bits per heavy atom. The fourth-order valence-corrected chi connectivity index (χ4v) is 3.33. The number of amides is 2. The molecule has 0 aliphatic carbocycles. The second kappa shape index (κ2) is 7.32. The third-order valence-corrected chi connectivity index (χ3v) is 4.86. The molecule has 0 saturated carbocycles. The van der Waals surface area contributed by atoms with Crippen LogP contribution in [0, 0.1) is 5.92 Å². The van der Waals surface area contributed by atoms with Crippen LogP contribution in [0.2, 0.25) is 5.02 Å². The Labute approximate surface area is 140 Å². The third kappa shape index (κ3) is 3.85. The standard InChI is InChI=1S/C17H21ClN2O3/c18-15-4-2-1-3-14(15)17(22)20-8-5-12(6-9-20)16(21)19-13-7-10-23-11-13/h1-4,12-13H,5-11H2,(H,19,21)/t13-/m1/s1. The van der Waals surface area contributed by atoms with E-state index >= 15 is 0 Å². The number of ether oxygens (including phenoxy) is 1. The minimum Gasteiger partial charge on any atom is -0.379 e. The van der Waals surface area contributed by atoms with Crippen LogP contribution in [-0.4, -0.2) is 49.1 Å². The lowest BCUT2D eigenvalue weighted by Crippen LogP contribution is -2.45. The van der Waals surface area contributed by atoms with E-state index in [9.17, 15) is 9.59 Å². The van der Waals surface area contributed by atoms with Gasteiger partial charge in [-0.25, -0.2) is 0 Å². The molecule has 1 N–H and O–H groups in total. The molecule has 3 rings (SSSR count). The zero-order valence-corrected chi connectivity index (χ0v) is 13.7. The largest absolute Gasteiger partial charge is 0.379 e. The molecule has 0 radical (unpaired) electrons. The first kappa shape index (κ1) is 16.3. The van der Waals surface area contributed by atoms with Gasteiger partial charge in [-0.3, -0.25) is 9.59 Å². The highest BCUT2D eigenvalue weighted by Gasteiger charge is 2.30. The quantitative estimate of drug-likeness (QED) is 0.919. The van der Waals surface area contributed by atoms with E-state index in [1.165, 1.54) is 0 Å². The van der Waals surface area contributed by atoms with Crippen LogP contribution in [0.25, 0.3) is 0 Å². The lowest BCUT2D eigenvalue weighted by atomic mass is 9.95. The molecule has 1 atom stereocenters. The monoisotopic (exact) mass is 336 g/mol. The van der Waals surface area contributed by atoms with Gasteiger partial charge in [0.05, 0.1) is 23.2 Å². The molecule has 23 heavy (non-hydrogen) atoms. The van der Waals surface area contributed by atoms with Gasteiger partial charge in [0.15, 0.2) is 0 Å². The molecule has 2 saturated heterocycles. The van der Waals surface area contributed by atoms with Crippen LogP contribution < -0.4 is 5.32 Å². The van der Waals surface area contributed by atoms with Crippen LogP contribution in [0.4, 0.5) is 0 Å². The number of hydrogen-bond acceptors (Lipinski definition) is 3. The molecule has 0 unspecified atom stereocenters.